The van der Waals surface area contributed by atoms with Crippen LogP contribution in [0.2, 0.25) is 0 Å². The van der Waals surface area contributed by atoms with E-state index in [9.17, 15) is 9.59 Å². The fourth-order valence-corrected chi connectivity index (χ4v) is 1.47. The molecule has 1 aliphatic rings. The van der Waals surface area contributed by atoms with Gasteiger partial charge in [-0.15, -0.1) is 0 Å². The maximum atomic E-state index is 11.6. The van der Waals surface area contributed by atoms with E-state index in [-0.39, 0.29) is 17.6 Å². The second-order valence-corrected chi connectivity index (χ2v) is 3.46. The highest BCUT2D eigenvalue weighted by molar-refractivity contribution is 5.95. The summed E-state index contributed by atoms with van der Waals surface area (Å²) >= 11 is 0. The summed E-state index contributed by atoms with van der Waals surface area (Å²) in [4.78, 5) is 23.1. The zero-order valence-electron chi connectivity index (χ0n) is 8.60. The summed E-state index contributed by atoms with van der Waals surface area (Å²) < 4.78 is 4.94. The van der Waals surface area contributed by atoms with E-state index in [4.69, 9.17) is 4.42 Å². The zero-order chi connectivity index (χ0) is 11.4. The van der Waals surface area contributed by atoms with Gasteiger partial charge in [0.1, 0.15) is 6.04 Å². The molecule has 0 saturated heterocycles. The molecule has 5 nitrogen and oxygen atoms in total. The van der Waals surface area contributed by atoms with Crippen LogP contribution < -0.4 is 10.6 Å². The van der Waals surface area contributed by atoms with E-state index in [2.05, 4.69) is 10.6 Å². The quantitative estimate of drug-likeness (QED) is 0.711. The Morgan fingerprint density at radius 1 is 1.50 bits per heavy atom. The molecule has 1 aliphatic heterocycles. The molecule has 1 atom stereocenters. The summed E-state index contributed by atoms with van der Waals surface area (Å²) in [6, 6.07) is 2.65. The minimum absolute atomic E-state index is 0.176. The topological polar surface area (TPSA) is 71.3 Å². The van der Waals surface area contributed by atoms with Crippen molar-refractivity contribution in [2.45, 2.75) is 12.5 Å². The van der Waals surface area contributed by atoms with Gasteiger partial charge in [0, 0.05) is 6.54 Å². The predicted molar refractivity (Wildman–Crippen MR) is 56.7 cm³/mol. The van der Waals surface area contributed by atoms with Crippen molar-refractivity contribution in [3.05, 3.63) is 36.3 Å². The number of hydrogen-bond donors (Lipinski definition) is 2. The maximum absolute atomic E-state index is 11.6. The van der Waals surface area contributed by atoms with Gasteiger partial charge in [-0.25, -0.2) is 0 Å². The summed E-state index contributed by atoms with van der Waals surface area (Å²) in [5.41, 5.74) is 0. The van der Waals surface area contributed by atoms with Crippen LogP contribution >= 0.6 is 0 Å². The van der Waals surface area contributed by atoms with E-state index in [1.165, 1.54) is 6.26 Å². The average Bonchev–Trinajstić information content (AvgIpc) is 2.73. The van der Waals surface area contributed by atoms with Crippen LogP contribution in [0, 0.1) is 0 Å². The van der Waals surface area contributed by atoms with E-state index >= 15 is 0 Å². The molecule has 2 amide bonds. The Hall–Kier alpha value is -2.04. The van der Waals surface area contributed by atoms with Crippen LogP contribution in [0.4, 0.5) is 0 Å². The molecule has 0 spiro atoms. The van der Waals surface area contributed by atoms with Crippen molar-refractivity contribution < 1.29 is 14.0 Å². The third-order valence-corrected chi connectivity index (χ3v) is 2.30. The van der Waals surface area contributed by atoms with Crippen LogP contribution in [0.25, 0.3) is 0 Å². The van der Waals surface area contributed by atoms with E-state index in [1.54, 1.807) is 12.1 Å². The fraction of sp³-hybridized carbons (Fsp3) is 0.273. The molecule has 0 aromatic carbocycles. The molecule has 1 aromatic rings. The van der Waals surface area contributed by atoms with Gasteiger partial charge < -0.3 is 15.1 Å². The first kappa shape index (κ1) is 10.5. The summed E-state index contributed by atoms with van der Waals surface area (Å²) in [6.07, 6.45) is 5.64. The number of rotatable bonds is 2. The third-order valence-electron chi connectivity index (χ3n) is 2.30. The second-order valence-electron chi connectivity index (χ2n) is 3.46. The Kier molecular flexibility index (Phi) is 3.05. The molecule has 16 heavy (non-hydrogen) atoms. The van der Waals surface area contributed by atoms with Crippen LogP contribution in [0.1, 0.15) is 17.0 Å². The normalized spacial score (nSPS) is 20.0. The van der Waals surface area contributed by atoms with Crippen molar-refractivity contribution in [3.63, 3.8) is 0 Å². The lowest BCUT2D eigenvalue weighted by Gasteiger charge is -2.13. The van der Waals surface area contributed by atoms with Crippen molar-refractivity contribution in [1.29, 1.82) is 0 Å². The van der Waals surface area contributed by atoms with Gasteiger partial charge in [-0.3, -0.25) is 9.59 Å². The molecule has 0 unspecified atom stereocenters. The Morgan fingerprint density at radius 3 is 3.12 bits per heavy atom. The summed E-state index contributed by atoms with van der Waals surface area (Å²) in [7, 11) is 0. The molecule has 84 valence electrons. The highest BCUT2D eigenvalue weighted by Gasteiger charge is 2.21. The lowest BCUT2D eigenvalue weighted by atomic mass is 10.2. The molecular weight excluding hydrogens is 208 g/mol. The van der Waals surface area contributed by atoms with E-state index in [1.807, 2.05) is 12.2 Å². The molecule has 2 rings (SSSR count). The van der Waals surface area contributed by atoms with Crippen molar-refractivity contribution in [2.24, 2.45) is 0 Å². The molecule has 2 heterocycles. The Labute approximate surface area is 92.5 Å². The van der Waals surface area contributed by atoms with Gasteiger partial charge in [-0.05, 0) is 18.6 Å². The minimum atomic E-state index is -0.531. The maximum Gasteiger partial charge on any atom is 0.287 e. The number of amides is 2. The monoisotopic (exact) mass is 220 g/mol. The lowest BCUT2D eigenvalue weighted by Crippen LogP contribution is -2.45. The Balaban J connectivity index is 2.00. The Morgan fingerprint density at radius 2 is 2.38 bits per heavy atom. The number of nitrogens with one attached hydrogen (secondary N) is 2. The molecule has 1 aromatic heterocycles. The van der Waals surface area contributed by atoms with Gasteiger partial charge >= 0.3 is 0 Å². The third kappa shape index (κ3) is 2.31. The van der Waals surface area contributed by atoms with Crippen molar-refractivity contribution in [3.8, 4) is 0 Å². The Bertz CT molecular complexity index is 409. The molecule has 0 saturated carbocycles. The van der Waals surface area contributed by atoms with E-state index in [0.717, 1.165) is 0 Å². The van der Waals surface area contributed by atoms with Gasteiger partial charge in [-0.1, -0.05) is 12.2 Å². The molecule has 5 heteroatoms. The standard InChI is InChI=1S/C11H12N2O3/c14-10-8(4-1-2-6-12-10)13-11(15)9-5-3-7-16-9/h1-3,5,7-8H,4,6H2,(H,12,14)(H,13,15)/t8-/m1/s1. The smallest absolute Gasteiger partial charge is 0.287 e. The number of hydrogen-bond acceptors (Lipinski definition) is 3. The number of carbonyl (C=O) groups is 2. The van der Waals surface area contributed by atoms with Crippen LogP contribution in [-0.4, -0.2) is 24.4 Å². The highest BCUT2D eigenvalue weighted by Crippen LogP contribution is 2.03. The first-order chi connectivity index (χ1) is 7.77. The predicted octanol–water partition coefficient (Wildman–Crippen LogP) is 0.454. The van der Waals surface area contributed by atoms with Crippen molar-refractivity contribution in [2.75, 3.05) is 6.54 Å². The van der Waals surface area contributed by atoms with Gasteiger partial charge in [0.25, 0.3) is 5.91 Å². The van der Waals surface area contributed by atoms with Gasteiger partial charge in [0.05, 0.1) is 6.26 Å². The fourth-order valence-electron chi connectivity index (χ4n) is 1.47. The largest absolute Gasteiger partial charge is 0.459 e. The van der Waals surface area contributed by atoms with Crippen LogP contribution in [0.5, 0.6) is 0 Å². The first-order valence-electron chi connectivity index (χ1n) is 5.04. The second kappa shape index (κ2) is 4.65. The van der Waals surface area contributed by atoms with Crippen molar-refractivity contribution in [1.82, 2.24) is 10.6 Å². The molecular formula is C11H12N2O3. The summed E-state index contributed by atoms with van der Waals surface area (Å²) in [6.45, 7) is 0.506. The van der Waals surface area contributed by atoms with E-state index < -0.39 is 6.04 Å². The number of furan rings is 1. The summed E-state index contributed by atoms with van der Waals surface area (Å²) in [5, 5.41) is 5.29. The van der Waals surface area contributed by atoms with Crippen molar-refractivity contribution >= 4 is 11.8 Å². The van der Waals surface area contributed by atoms with Crippen LogP contribution in [0.15, 0.2) is 35.0 Å². The molecule has 0 fully saturated rings. The molecule has 0 aliphatic carbocycles. The molecule has 0 radical (unpaired) electrons. The van der Waals surface area contributed by atoms with Gasteiger partial charge in [0.2, 0.25) is 5.91 Å². The highest BCUT2D eigenvalue weighted by atomic mass is 16.3. The van der Waals surface area contributed by atoms with Gasteiger partial charge in [0.15, 0.2) is 5.76 Å². The van der Waals surface area contributed by atoms with Crippen LogP contribution in [0.3, 0.4) is 0 Å². The number of carbonyl (C=O) groups excluding carboxylic acids is 2. The SMILES string of the molecule is O=C(N[C@@H]1CC=CCNC1=O)c1ccco1. The van der Waals surface area contributed by atoms with E-state index in [0.29, 0.717) is 13.0 Å². The van der Waals surface area contributed by atoms with Crippen LogP contribution in [-0.2, 0) is 4.79 Å². The summed E-state index contributed by atoms with van der Waals surface area (Å²) in [5.74, 6) is -0.341. The van der Waals surface area contributed by atoms with Gasteiger partial charge in [-0.2, -0.15) is 0 Å². The molecule has 2 N–H and O–H groups in total. The average molecular weight is 220 g/mol. The lowest BCUT2D eigenvalue weighted by molar-refractivity contribution is -0.122. The first-order valence-corrected chi connectivity index (χ1v) is 5.04. The zero-order valence-corrected chi connectivity index (χ0v) is 8.60. The minimum Gasteiger partial charge on any atom is -0.459 e. The molecule has 0 bridgehead atoms.